The molecule has 102 valence electrons. The molecule has 0 saturated heterocycles. The maximum Gasteiger partial charge on any atom is 0.326 e. The lowest BCUT2D eigenvalue weighted by molar-refractivity contribution is -0.384. The molecule has 0 heterocycles. The maximum absolute atomic E-state index is 11.8. The van der Waals surface area contributed by atoms with Crippen molar-refractivity contribution < 1.29 is 19.6 Å². The average Bonchev–Trinajstić information content (AvgIpc) is 2.35. The molecule has 0 aliphatic carbocycles. The van der Waals surface area contributed by atoms with Crippen LogP contribution in [0, 0.1) is 10.1 Å². The number of hydrogen-bond acceptors (Lipinski definition) is 4. The molecule has 0 unspecified atom stereocenters. The van der Waals surface area contributed by atoms with Gasteiger partial charge in [0.05, 0.1) is 4.92 Å². The number of benzene rings is 1. The van der Waals surface area contributed by atoms with Crippen LogP contribution in [0.1, 0.15) is 23.7 Å². The number of nitrogens with zero attached hydrogens (tertiary/aromatic N) is 1. The van der Waals surface area contributed by atoms with E-state index in [1.54, 1.807) is 6.92 Å². The molecule has 1 aromatic carbocycles. The topological polar surface area (TPSA) is 110 Å². The first kappa shape index (κ1) is 14.9. The lowest BCUT2D eigenvalue weighted by Gasteiger charge is -2.12. The number of carboxylic acid groups (broad SMARTS) is 1. The zero-order valence-electron chi connectivity index (χ0n) is 9.92. The normalized spacial score (nSPS) is 11.7. The van der Waals surface area contributed by atoms with Crippen LogP contribution < -0.4 is 5.32 Å². The lowest BCUT2D eigenvalue weighted by atomic mass is 10.1. The Labute approximate surface area is 113 Å². The number of halogens is 1. The molecule has 0 fully saturated rings. The first-order valence-electron chi connectivity index (χ1n) is 5.34. The number of hydrogen-bond donors (Lipinski definition) is 2. The largest absolute Gasteiger partial charge is 0.480 e. The summed E-state index contributed by atoms with van der Waals surface area (Å²) in [6.45, 7) is 1.60. The van der Waals surface area contributed by atoms with Crippen molar-refractivity contribution in [1.29, 1.82) is 0 Å². The summed E-state index contributed by atoms with van der Waals surface area (Å²) in [5.74, 6) is -1.87. The molecule has 19 heavy (non-hydrogen) atoms. The molecule has 0 spiro atoms. The van der Waals surface area contributed by atoms with Gasteiger partial charge in [-0.15, -0.1) is 0 Å². The molecule has 0 saturated carbocycles. The minimum absolute atomic E-state index is 0.0178. The number of carbonyl (C=O) groups excluding carboxylic acids is 1. The fourth-order valence-corrected chi connectivity index (χ4v) is 1.56. The van der Waals surface area contributed by atoms with Crippen molar-refractivity contribution in [2.24, 2.45) is 0 Å². The van der Waals surface area contributed by atoms with Crippen LogP contribution in [0.15, 0.2) is 18.2 Å². The first-order chi connectivity index (χ1) is 8.86. The van der Waals surface area contributed by atoms with Gasteiger partial charge in [0, 0.05) is 11.6 Å². The van der Waals surface area contributed by atoms with E-state index in [0.717, 1.165) is 6.07 Å². The Bertz CT molecular complexity index is 532. The van der Waals surface area contributed by atoms with Gasteiger partial charge in [-0.1, -0.05) is 18.5 Å². The van der Waals surface area contributed by atoms with Gasteiger partial charge in [0.15, 0.2) is 0 Å². The summed E-state index contributed by atoms with van der Waals surface area (Å²) in [6, 6.07) is 2.48. The second kappa shape index (κ2) is 6.14. The monoisotopic (exact) mass is 286 g/mol. The second-order valence-electron chi connectivity index (χ2n) is 3.70. The Morgan fingerprint density at radius 3 is 2.63 bits per heavy atom. The molecule has 0 radical (unpaired) electrons. The number of carboxylic acids is 1. The van der Waals surface area contributed by atoms with Crippen LogP contribution in [0.2, 0.25) is 5.02 Å². The van der Waals surface area contributed by atoms with Gasteiger partial charge in [-0.05, 0) is 18.6 Å². The van der Waals surface area contributed by atoms with Gasteiger partial charge in [0.2, 0.25) is 0 Å². The van der Waals surface area contributed by atoms with Crippen molar-refractivity contribution in [3.63, 3.8) is 0 Å². The van der Waals surface area contributed by atoms with E-state index in [1.165, 1.54) is 12.1 Å². The van der Waals surface area contributed by atoms with Crippen molar-refractivity contribution in [2.75, 3.05) is 0 Å². The van der Waals surface area contributed by atoms with E-state index >= 15 is 0 Å². The molecule has 0 aliphatic rings. The molecule has 1 amide bonds. The van der Waals surface area contributed by atoms with Gasteiger partial charge < -0.3 is 10.4 Å². The molecule has 8 heteroatoms. The highest BCUT2D eigenvalue weighted by Gasteiger charge is 2.21. The number of nitrogens with one attached hydrogen (secondary N) is 1. The van der Waals surface area contributed by atoms with E-state index in [2.05, 4.69) is 5.32 Å². The highest BCUT2D eigenvalue weighted by molar-refractivity contribution is 6.32. The van der Waals surface area contributed by atoms with E-state index in [1.807, 2.05) is 0 Å². The van der Waals surface area contributed by atoms with E-state index in [9.17, 15) is 19.7 Å². The third kappa shape index (κ3) is 3.65. The zero-order valence-corrected chi connectivity index (χ0v) is 10.7. The number of carbonyl (C=O) groups is 2. The fraction of sp³-hybridized carbons (Fsp3) is 0.273. The Kier molecular flexibility index (Phi) is 4.82. The van der Waals surface area contributed by atoms with Gasteiger partial charge >= 0.3 is 5.97 Å². The molecule has 1 atom stereocenters. The molecular weight excluding hydrogens is 276 g/mol. The van der Waals surface area contributed by atoms with Crippen LogP contribution in [0.3, 0.4) is 0 Å². The highest BCUT2D eigenvalue weighted by atomic mass is 35.5. The first-order valence-corrected chi connectivity index (χ1v) is 5.72. The van der Waals surface area contributed by atoms with Crippen molar-refractivity contribution >= 4 is 29.2 Å². The van der Waals surface area contributed by atoms with Crippen LogP contribution in [0.25, 0.3) is 0 Å². The predicted molar refractivity (Wildman–Crippen MR) is 67.3 cm³/mol. The quantitative estimate of drug-likeness (QED) is 0.634. The predicted octanol–water partition coefficient (Wildman–Crippen LogP) is 1.84. The standard InChI is InChI=1S/C11H11ClN2O5/c1-2-8(11(16)17)13-10(15)6-3-4-7(12)9(5-6)14(18)19/h3-5,8H,2H2,1H3,(H,13,15)(H,16,17)/t8-/m0/s1. The molecule has 1 aromatic rings. The number of nitro groups is 1. The molecule has 2 N–H and O–H groups in total. The molecular formula is C11H11ClN2O5. The third-order valence-corrected chi connectivity index (χ3v) is 2.74. The number of amides is 1. The maximum atomic E-state index is 11.8. The highest BCUT2D eigenvalue weighted by Crippen LogP contribution is 2.25. The van der Waals surface area contributed by atoms with Gasteiger partial charge in [-0.25, -0.2) is 4.79 Å². The summed E-state index contributed by atoms with van der Waals surface area (Å²) < 4.78 is 0. The van der Waals surface area contributed by atoms with E-state index in [4.69, 9.17) is 16.7 Å². The third-order valence-electron chi connectivity index (χ3n) is 2.42. The molecule has 1 rings (SSSR count). The van der Waals surface area contributed by atoms with Crippen LogP contribution in [0.4, 0.5) is 5.69 Å². The molecule has 0 bridgehead atoms. The smallest absolute Gasteiger partial charge is 0.326 e. The average molecular weight is 287 g/mol. The summed E-state index contributed by atoms with van der Waals surface area (Å²) in [7, 11) is 0. The van der Waals surface area contributed by atoms with Gasteiger partial charge in [-0.2, -0.15) is 0 Å². The van der Waals surface area contributed by atoms with Crippen molar-refractivity contribution in [3.05, 3.63) is 38.9 Å². The SMILES string of the molecule is CC[C@H](NC(=O)c1ccc(Cl)c([N+](=O)[O-])c1)C(=O)O. The van der Waals surface area contributed by atoms with Gasteiger partial charge in [-0.3, -0.25) is 14.9 Å². The summed E-state index contributed by atoms with van der Waals surface area (Å²) in [5.41, 5.74) is -0.423. The van der Waals surface area contributed by atoms with Gasteiger partial charge in [0.1, 0.15) is 11.1 Å². The minimum Gasteiger partial charge on any atom is -0.480 e. The van der Waals surface area contributed by atoms with Crippen LogP contribution in [-0.2, 0) is 4.79 Å². The number of nitro benzene ring substituents is 1. The zero-order chi connectivity index (χ0) is 14.6. The number of rotatable bonds is 5. The van der Waals surface area contributed by atoms with Crippen molar-refractivity contribution in [1.82, 2.24) is 5.32 Å². The Balaban J connectivity index is 2.97. The summed E-state index contributed by atoms with van der Waals surface area (Å²) >= 11 is 5.61. The number of aliphatic carboxylic acids is 1. The Morgan fingerprint density at radius 2 is 2.16 bits per heavy atom. The lowest BCUT2D eigenvalue weighted by Crippen LogP contribution is -2.40. The van der Waals surface area contributed by atoms with E-state index in [0.29, 0.717) is 0 Å². The van der Waals surface area contributed by atoms with E-state index < -0.39 is 28.5 Å². The van der Waals surface area contributed by atoms with Gasteiger partial charge in [0.25, 0.3) is 11.6 Å². The van der Waals surface area contributed by atoms with Crippen molar-refractivity contribution in [3.8, 4) is 0 Å². The Morgan fingerprint density at radius 1 is 1.53 bits per heavy atom. The van der Waals surface area contributed by atoms with Crippen LogP contribution in [-0.4, -0.2) is 27.9 Å². The van der Waals surface area contributed by atoms with E-state index in [-0.39, 0.29) is 17.0 Å². The molecule has 7 nitrogen and oxygen atoms in total. The molecule has 0 aliphatic heterocycles. The Hall–Kier alpha value is -2.15. The minimum atomic E-state index is -1.17. The molecule has 0 aromatic heterocycles. The van der Waals surface area contributed by atoms with Crippen LogP contribution in [0.5, 0.6) is 0 Å². The second-order valence-corrected chi connectivity index (χ2v) is 4.10. The fourth-order valence-electron chi connectivity index (χ4n) is 1.37. The summed E-state index contributed by atoms with van der Waals surface area (Å²) in [5, 5.41) is 21.7. The summed E-state index contributed by atoms with van der Waals surface area (Å²) in [6.07, 6.45) is 0.205. The van der Waals surface area contributed by atoms with Crippen LogP contribution >= 0.6 is 11.6 Å². The summed E-state index contributed by atoms with van der Waals surface area (Å²) in [4.78, 5) is 32.5. The van der Waals surface area contributed by atoms with Crippen molar-refractivity contribution in [2.45, 2.75) is 19.4 Å².